The largest absolute Gasteiger partial charge is 0.353 e. The van der Waals surface area contributed by atoms with Gasteiger partial charge in [0.25, 0.3) is 5.91 Å². The van der Waals surface area contributed by atoms with Crippen molar-refractivity contribution in [3.63, 3.8) is 0 Å². The molecule has 4 rings (SSSR count). The van der Waals surface area contributed by atoms with Crippen molar-refractivity contribution < 1.29 is 9.59 Å². The highest BCUT2D eigenvalue weighted by molar-refractivity contribution is 5.94. The van der Waals surface area contributed by atoms with Gasteiger partial charge < -0.3 is 14.8 Å². The predicted octanol–water partition coefficient (Wildman–Crippen LogP) is 3.56. The van der Waals surface area contributed by atoms with Crippen molar-refractivity contribution in [1.82, 2.24) is 24.8 Å². The van der Waals surface area contributed by atoms with Crippen LogP contribution in [0.15, 0.2) is 61.3 Å². The lowest BCUT2D eigenvalue weighted by Crippen LogP contribution is -2.47. The molecule has 0 aliphatic carbocycles. The van der Waals surface area contributed by atoms with E-state index in [0.29, 0.717) is 38.2 Å². The van der Waals surface area contributed by atoms with Gasteiger partial charge in [0.15, 0.2) is 0 Å². The van der Waals surface area contributed by atoms with Crippen LogP contribution in [0.25, 0.3) is 11.1 Å². The molecule has 0 saturated carbocycles. The molecule has 3 aromatic rings. The van der Waals surface area contributed by atoms with Crippen LogP contribution in [0.1, 0.15) is 43.2 Å². The van der Waals surface area contributed by atoms with Crippen LogP contribution in [0.2, 0.25) is 0 Å². The van der Waals surface area contributed by atoms with Crippen molar-refractivity contribution in [3.05, 3.63) is 72.6 Å². The van der Waals surface area contributed by atoms with Crippen molar-refractivity contribution in [2.45, 2.75) is 46.2 Å². The Morgan fingerprint density at radius 2 is 1.94 bits per heavy atom. The molecule has 0 unspecified atom stereocenters. The number of aromatic nitrogens is 3. The number of amides is 2. The van der Waals surface area contributed by atoms with Crippen LogP contribution >= 0.6 is 0 Å². The van der Waals surface area contributed by atoms with Crippen LogP contribution in [-0.2, 0) is 17.8 Å². The Bertz CT molecular complexity index is 1120. The Labute approximate surface area is 194 Å². The summed E-state index contributed by atoms with van der Waals surface area (Å²) in [7, 11) is 0. The number of aryl methyl sites for hydroxylation is 1. The molecule has 0 radical (unpaired) electrons. The van der Waals surface area contributed by atoms with E-state index in [9.17, 15) is 9.59 Å². The van der Waals surface area contributed by atoms with E-state index in [1.54, 1.807) is 23.6 Å². The molecule has 1 atom stereocenters. The molecule has 1 aromatic carbocycles. The van der Waals surface area contributed by atoms with E-state index in [1.165, 1.54) is 0 Å². The highest BCUT2D eigenvalue weighted by atomic mass is 16.2. The zero-order valence-corrected chi connectivity index (χ0v) is 19.5. The van der Waals surface area contributed by atoms with Gasteiger partial charge in [-0.05, 0) is 56.4 Å². The molecule has 1 aliphatic rings. The van der Waals surface area contributed by atoms with Gasteiger partial charge in [-0.3, -0.25) is 14.6 Å². The lowest BCUT2D eigenvalue weighted by molar-refractivity contribution is -0.130. The normalized spacial score (nSPS) is 18.0. The Morgan fingerprint density at radius 3 is 2.67 bits per heavy atom. The maximum Gasteiger partial charge on any atom is 0.272 e. The number of carbonyl (C=O) groups excluding carboxylic acids is 2. The van der Waals surface area contributed by atoms with Gasteiger partial charge in [-0.1, -0.05) is 30.3 Å². The van der Waals surface area contributed by atoms with Gasteiger partial charge in [-0.25, -0.2) is 4.98 Å². The minimum absolute atomic E-state index is 0.00331. The van der Waals surface area contributed by atoms with Crippen molar-refractivity contribution in [2.75, 3.05) is 13.1 Å². The average molecular weight is 446 g/mol. The highest BCUT2D eigenvalue weighted by Crippen LogP contribution is 2.36. The van der Waals surface area contributed by atoms with E-state index in [0.717, 1.165) is 16.7 Å². The van der Waals surface area contributed by atoms with E-state index >= 15 is 0 Å². The quantitative estimate of drug-likeness (QED) is 0.603. The first-order valence-electron chi connectivity index (χ1n) is 11.5. The highest BCUT2D eigenvalue weighted by Gasteiger charge is 2.46. The van der Waals surface area contributed by atoms with Gasteiger partial charge in [-0.2, -0.15) is 0 Å². The summed E-state index contributed by atoms with van der Waals surface area (Å²) in [4.78, 5) is 36.8. The minimum atomic E-state index is -0.676. The molecule has 1 fully saturated rings. The van der Waals surface area contributed by atoms with Gasteiger partial charge >= 0.3 is 0 Å². The smallest absolute Gasteiger partial charge is 0.272 e. The molecule has 0 spiro atoms. The second kappa shape index (κ2) is 9.57. The molecule has 1 saturated heterocycles. The number of benzene rings is 1. The van der Waals surface area contributed by atoms with Crippen molar-refractivity contribution in [1.29, 1.82) is 0 Å². The third kappa shape index (κ3) is 4.82. The molecule has 7 heteroatoms. The summed E-state index contributed by atoms with van der Waals surface area (Å²) in [6.07, 6.45) is 8.06. The number of nitrogens with zero attached hydrogens (tertiary/aromatic N) is 4. The first-order valence-corrected chi connectivity index (χ1v) is 11.5. The number of carbonyl (C=O) groups is 2. The van der Waals surface area contributed by atoms with Gasteiger partial charge in [-0.15, -0.1) is 0 Å². The summed E-state index contributed by atoms with van der Waals surface area (Å²) < 4.78 is 1.84. The minimum Gasteiger partial charge on any atom is -0.353 e. The van der Waals surface area contributed by atoms with Crippen LogP contribution in [0, 0.1) is 5.41 Å². The first kappa shape index (κ1) is 22.7. The predicted molar refractivity (Wildman–Crippen MR) is 128 cm³/mol. The Morgan fingerprint density at radius 1 is 1.12 bits per heavy atom. The standard InChI is InChI=1S/C26H31N5O2/c1-4-30-18-28-16-23(30)24(32)31-12-10-26(17-31,25(33)29-19(2)3)14-20-7-5-8-21(13-20)22-9-6-11-27-15-22/h5-9,11,13,15-16,18-19H,4,10,12,14,17H2,1-3H3,(H,29,33)/t26-/m1/s1. The molecule has 172 valence electrons. The van der Waals surface area contributed by atoms with Crippen LogP contribution < -0.4 is 5.32 Å². The van der Waals surface area contributed by atoms with Crippen LogP contribution in [0.5, 0.6) is 0 Å². The lowest BCUT2D eigenvalue weighted by atomic mass is 9.79. The molecule has 7 nitrogen and oxygen atoms in total. The van der Waals surface area contributed by atoms with E-state index in [4.69, 9.17) is 0 Å². The average Bonchev–Trinajstić information content (AvgIpc) is 3.47. The maximum atomic E-state index is 13.4. The lowest BCUT2D eigenvalue weighted by Gasteiger charge is -2.29. The first-order chi connectivity index (χ1) is 15.9. The molecule has 1 aliphatic heterocycles. The van der Waals surface area contributed by atoms with Gasteiger partial charge in [0.2, 0.25) is 5.91 Å². The number of pyridine rings is 1. The summed E-state index contributed by atoms with van der Waals surface area (Å²) in [6.45, 7) is 7.52. The fraction of sp³-hybridized carbons (Fsp3) is 0.385. The number of hydrogen-bond donors (Lipinski definition) is 1. The monoisotopic (exact) mass is 445 g/mol. The number of hydrogen-bond acceptors (Lipinski definition) is 4. The molecular formula is C26H31N5O2. The maximum absolute atomic E-state index is 13.4. The summed E-state index contributed by atoms with van der Waals surface area (Å²) in [6, 6.07) is 12.2. The topological polar surface area (TPSA) is 80.1 Å². The third-order valence-electron chi connectivity index (χ3n) is 6.28. The fourth-order valence-corrected chi connectivity index (χ4v) is 4.57. The number of rotatable bonds is 7. The second-order valence-corrected chi connectivity index (χ2v) is 9.07. The molecule has 3 heterocycles. The van der Waals surface area contributed by atoms with Crippen LogP contribution in [0.4, 0.5) is 0 Å². The Hall–Kier alpha value is -3.48. The summed E-state index contributed by atoms with van der Waals surface area (Å²) >= 11 is 0. The molecule has 0 bridgehead atoms. The molecule has 2 aromatic heterocycles. The van der Waals surface area contributed by atoms with Gasteiger partial charge in [0, 0.05) is 38.1 Å². The SMILES string of the molecule is CCn1cncc1C(=O)N1CC[C@](Cc2cccc(-c3cccnc3)c2)(C(=O)NC(C)C)C1. The molecule has 1 N–H and O–H groups in total. The van der Waals surface area contributed by atoms with E-state index in [2.05, 4.69) is 33.5 Å². The van der Waals surface area contributed by atoms with Crippen LogP contribution in [0.3, 0.4) is 0 Å². The van der Waals surface area contributed by atoms with Crippen LogP contribution in [-0.4, -0.2) is 50.4 Å². The second-order valence-electron chi connectivity index (χ2n) is 9.07. The van der Waals surface area contributed by atoms with Gasteiger partial charge in [0.1, 0.15) is 5.69 Å². The summed E-state index contributed by atoms with van der Waals surface area (Å²) in [5.41, 5.74) is 3.07. The summed E-state index contributed by atoms with van der Waals surface area (Å²) in [5, 5.41) is 3.10. The van der Waals surface area contributed by atoms with Crippen molar-refractivity contribution >= 4 is 11.8 Å². The molecular weight excluding hydrogens is 414 g/mol. The van der Waals surface area contributed by atoms with Crippen molar-refractivity contribution in [2.24, 2.45) is 5.41 Å². The van der Waals surface area contributed by atoms with Gasteiger partial charge in [0.05, 0.1) is 17.9 Å². The van der Waals surface area contributed by atoms with E-state index in [1.807, 2.05) is 49.7 Å². The van der Waals surface area contributed by atoms with E-state index in [-0.39, 0.29) is 17.9 Å². The number of imidazole rings is 1. The number of nitrogens with one attached hydrogen (secondary N) is 1. The summed E-state index contributed by atoms with van der Waals surface area (Å²) in [5.74, 6) is -0.0683. The Kier molecular flexibility index (Phi) is 6.58. The fourth-order valence-electron chi connectivity index (χ4n) is 4.57. The van der Waals surface area contributed by atoms with E-state index < -0.39 is 5.41 Å². The number of likely N-dealkylation sites (tertiary alicyclic amines) is 1. The molecule has 33 heavy (non-hydrogen) atoms. The zero-order valence-electron chi connectivity index (χ0n) is 19.5. The zero-order chi connectivity index (χ0) is 23.4. The Balaban J connectivity index is 1.61. The third-order valence-corrected chi connectivity index (χ3v) is 6.28. The van der Waals surface area contributed by atoms with Crippen molar-refractivity contribution in [3.8, 4) is 11.1 Å². The molecule has 2 amide bonds.